The van der Waals surface area contributed by atoms with Crippen LogP contribution in [0.1, 0.15) is 15.9 Å². The molecule has 0 atom stereocenters. The van der Waals surface area contributed by atoms with Gasteiger partial charge in [-0.25, -0.2) is 0 Å². The molecule has 21 heavy (non-hydrogen) atoms. The van der Waals surface area contributed by atoms with Crippen LogP contribution in [-0.2, 0) is 6.42 Å². The minimum absolute atomic E-state index is 0.185. The summed E-state index contributed by atoms with van der Waals surface area (Å²) < 4.78 is 0. The maximum Gasteiger partial charge on any atom is 0.256 e. The third kappa shape index (κ3) is 3.88. The van der Waals surface area contributed by atoms with Gasteiger partial charge in [0, 0.05) is 26.0 Å². The maximum atomic E-state index is 12.4. The van der Waals surface area contributed by atoms with Crippen LogP contribution in [0.3, 0.4) is 0 Å². The Kier molecular flexibility index (Phi) is 5.45. The highest BCUT2D eigenvalue weighted by molar-refractivity contribution is 6.46. The number of carbonyl (C=O) groups is 1. The first-order valence-corrected chi connectivity index (χ1v) is 7.42. The summed E-state index contributed by atoms with van der Waals surface area (Å²) in [5.41, 5.74) is 1.34. The van der Waals surface area contributed by atoms with Gasteiger partial charge in [0.2, 0.25) is 0 Å². The number of rotatable bonds is 4. The fraction of sp³-hybridized carbons (Fsp3) is 0.200. The molecule has 0 aliphatic carbocycles. The van der Waals surface area contributed by atoms with Crippen molar-refractivity contribution >= 4 is 40.7 Å². The zero-order valence-corrected chi connectivity index (χ0v) is 13.6. The van der Waals surface area contributed by atoms with E-state index in [9.17, 15) is 4.79 Å². The second-order valence-electron chi connectivity index (χ2n) is 4.55. The van der Waals surface area contributed by atoms with E-state index in [4.69, 9.17) is 34.8 Å². The molecule has 0 saturated carbocycles. The minimum Gasteiger partial charge on any atom is -0.341 e. The number of pyridine rings is 1. The summed E-state index contributed by atoms with van der Waals surface area (Å²) in [5.74, 6) is -0.249. The first kappa shape index (κ1) is 16.1. The highest BCUT2D eigenvalue weighted by Gasteiger charge is 2.20. The Bertz CT molecular complexity index is 647. The van der Waals surface area contributed by atoms with Crippen LogP contribution < -0.4 is 0 Å². The van der Waals surface area contributed by atoms with E-state index in [2.05, 4.69) is 4.98 Å². The van der Waals surface area contributed by atoms with Crippen molar-refractivity contribution in [3.8, 4) is 0 Å². The molecule has 0 saturated heterocycles. The monoisotopic (exact) mass is 342 g/mol. The lowest BCUT2D eigenvalue weighted by Crippen LogP contribution is -2.29. The van der Waals surface area contributed by atoms with E-state index >= 15 is 0 Å². The average molecular weight is 344 g/mol. The number of hydrogen-bond acceptors (Lipinski definition) is 2. The molecule has 2 aromatic rings. The predicted octanol–water partition coefficient (Wildman–Crippen LogP) is 4.36. The van der Waals surface area contributed by atoms with Crippen LogP contribution in [0.2, 0.25) is 15.1 Å². The Hall–Kier alpha value is -1.29. The minimum atomic E-state index is -0.249. The molecule has 0 N–H and O–H groups in total. The van der Waals surface area contributed by atoms with Gasteiger partial charge in [-0.05, 0) is 36.2 Å². The lowest BCUT2D eigenvalue weighted by molar-refractivity contribution is 0.0797. The third-order valence-electron chi connectivity index (χ3n) is 3.09. The van der Waals surface area contributed by atoms with Gasteiger partial charge in [0.25, 0.3) is 5.91 Å². The summed E-state index contributed by atoms with van der Waals surface area (Å²) in [6, 6.07) is 6.97. The molecule has 1 aromatic heterocycles. The van der Waals surface area contributed by atoms with Crippen LogP contribution in [0.15, 0.2) is 36.7 Å². The van der Waals surface area contributed by atoms with Crippen LogP contribution in [0.25, 0.3) is 0 Å². The Morgan fingerprint density at radius 2 is 1.71 bits per heavy atom. The van der Waals surface area contributed by atoms with Crippen molar-refractivity contribution in [3.05, 3.63) is 62.9 Å². The summed E-state index contributed by atoms with van der Waals surface area (Å²) >= 11 is 18.1. The molecule has 0 aliphatic rings. The molecule has 3 nitrogen and oxygen atoms in total. The fourth-order valence-corrected chi connectivity index (χ4v) is 2.55. The topological polar surface area (TPSA) is 33.2 Å². The van der Waals surface area contributed by atoms with Crippen LogP contribution in [-0.4, -0.2) is 29.4 Å². The summed E-state index contributed by atoms with van der Waals surface area (Å²) in [6.07, 6.45) is 4.17. The fourth-order valence-electron chi connectivity index (χ4n) is 1.86. The van der Waals surface area contributed by atoms with E-state index in [-0.39, 0.29) is 16.5 Å². The number of carbonyl (C=O) groups excluding carboxylic acids is 1. The van der Waals surface area contributed by atoms with Gasteiger partial charge in [-0.15, -0.1) is 0 Å². The van der Waals surface area contributed by atoms with E-state index in [1.165, 1.54) is 0 Å². The number of hydrogen-bond donors (Lipinski definition) is 0. The second-order valence-corrected chi connectivity index (χ2v) is 5.74. The van der Waals surface area contributed by atoms with Gasteiger partial charge in [0.05, 0.1) is 20.6 Å². The van der Waals surface area contributed by atoms with Gasteiger partial charge in [-0.3, -0.25) is 9.78 Å². The second kappa shape index (κ2) is 7.12. The van der Waals surface area contributed by atoms with Crippen molar-refractivity contribution in [1.29, 1.82) is 0 Å². The van der Waals surface area contributed by atoms with Gasteiger partial charge in [0.1, 0.15) is 0 Å². The lowest BCUT2D eigenvalue weighted by atomic mass is 10.1. The zero-order chi connectivity index (χ0) is 15.4. The largest absolute Gasteiger partial charge is 0.341 e. The molecular formula is C15H13Cl3N2O. The Labute approximate surface area is 138 Å². The SMILES string of the molecule is CN(CCc1ccncc1)C(=O)c1c(Cl)ccc(Cl)c1Cl. The van der Waals surface area contributed by atoms with Crippen LogP contribution in [0.5, 0.6) is 0 Å². The van der Waals surface area contributed by atoms with Crippen LogP contribution in [0.4, 0.5) is 0 Å². The van der Waals surface area contributed by atoms with Crippen molar-refractivity contribution < 1.29 is 4.79 Å². The molecule has 0 spiro atoms. The molecule has 0 aliphatic heterocycles. The highest BCUT2D eigenvalue weighted by Crippen LogP contribution is 2.32. The summed E-state index contributed by atoms with van der Waals surface area (Å²) in [7, 11) is 1.71. The molecule has 0 radical (unpaired) electrons. The van der Waals surface area contributed by atoms with Gasteiger partial charge in [-0.2, -0.15) is 0 Å². The van der Waals surface area contributed by atoms with Crippen molar-refractivity contribution in [3.63, 3.8) is 0 Å². The molecule has 1 amide bonds. The van der Waals surface area contributed by atoms with Crippen LogP contribution >= 0.6 is 34.8 Å². The Balaban J connectivity index is 2.11. The quantitative estimate of drug-likeness (QED) is 0.773. The normalized spacial score (nSPS) is 10.5. The van der Waals surface area contributed by atoms with Crippen LogP contribution in [0, 0.1) is 0 Å². The molecule has 0 unspecified atom stereocenters. The first-order chi connectivity index (χ1) is 10.0. The Morgan fingerprint density at radius 1 is 1.10 bits per heavy atom. The van der Waals surface area contributed by atoms with E-state index in [0.29, 0.717) is 16.6 Å². The highest BCUT2D eigenvalue weighted by atomic mass is 35.5. The number of benzene rings is 1. The zero-order valence-electron chi connectivity index (χ0n) is 11.3. The van der Waals surface area contributed by atoms with Gasteiger partial charge >= 0.3 is 0 Å². The van der Waals surface area contributed by atoms with Crippen molar-refractivity contribution in [1.82, 2.24) is 9.88 Å². The molecule has 1 aromatic carbocycles. The van der Waals surface area contributed by atoms with Crippen molar-refractivity contribution in [2.45, 2.75) is 6.42 Å². The number of amides is 1. The first-order valence-electron chi connectivity index (χ1n) is 6.28. The summed E-state index contributed by atoms with van der Waals surface area (Å²) in [5, 5.41) is 0.794. The van der Waals surface area contributed by atoms with Crippen molar-refractivity contribution in [2.75, 3.05) is 13.6 Å². The van der Waals surface area contributed by atoms with Gasteiger partial charge in [-0.1, -0.05) is 34.8 Å². The molecule has 110 valence electrons. The van der Waals surface area contributed by atoms with Crippen molar-refractivity contribution in [2.24, 2.45) is 0 Å². The number of nitrogens with zero attached hydrogens (tertiary/aromatic N) is 2. The molecule has 0 fully saturated rings. The van der Waals surface area contributed by atoms with E-state index in [1.54, 1.807) is 36.5 Å². The third-order valence-corrected chi connectivity index (χ3v) is 4.21. The predicted molar refractivity (Wildman–Crippen MR) is 86.4 cm³/mol. The molecule has 1 heterocycles. The lowest BCUT2D eigenvalue weighted by Gasteiger charge is -2.19. The molecule has 2 rings (SSSR count). The standard InChI is InChI=1S/C15H13Cl3N2O/c1-20(9-6-10-4-7-19-8-5-10)15(21)13-11(16)2-3-12(17)14(13)18/h2-5,7-8H,6,9H2,1H3. The molecule has 6 heteroatoms. The summed E-state index contributed by atoms with van der Waals surface area (Å²) in [4.78, 5) is 18.0. The van der Waals surface area contributed by atoms with E-state index in [0.717, 1.165) is 12.0 Å². The number of likely N-dealkylation sites (N-methyl/N-ethyl adjacent to an activating group) is 1. The molecular weight excluding hydrogens is 331 g/mol. The smallest absolute Gasteiger partial charge is 0.256 e. The number of aromatic nitrogens is 1. The Morgan fingerprint density at radius 3 is 2.38 bits per heavy atom. The average Bonchev–Trinajstić information content (AvgIpc) is 2.50. The van der Waals surface area contributed by atoms with E-state index < -0.39 is 0 Å². The number of halogens is 3. The molecule has 0 bridgehead atoms. The summed E-state index contributed by atoms with van der Waals surface area (Å²) in [6.45, 7) is 0.544. The van der Waals surface area contributed by atoms with Gasteiger partial charge in [0.15, 0.2) is 0 Å². The van der Waals surface area contributed by atoms with Gasteiger partial charge < -0.3 is 4.90 Å². The maximum absolute atomic E-state index is 12.4. The van der Waals surface area contributed by atoms with E-state index in [1.807, 2.05) is 12.1 Å².